The van der Waals surface area contributed by atoms with Crippen LogP contribution in [0.1, 0.15) is 51.5 Å². The van der Waals surface area contributed by atoms with Crippen molar-refractivity contribution in [1.29, 1.82) is 0 Å². The Bertz CT molecular complexity index is 875. The second-order valence-corrected chi connectivity index (χ2v) is 10.6. The second-order valence-electron chi connectivity index (χ2n) is 9.61. The van der Waals surface area contributed by atoms with E-state index in [1.165, 1.54) is 16.0 Å². The van der Waals surface area contributed by atoms with Gasteiger partial charge in [-0.3, -0.25) is 9.59 Å². The van der Waals surface area contributed by atoms with E-state index in [9.17, 15) is 9.59 Å². The molecule has 3 heterocycles. The van der Waals surface area contributed by atoms with Crippen LogP contribution in [0.3, 0.4) is 0 Å². The lowest BCUT2D eigenvalue weighted by molar-refractivity contribution is -0.147. The summed E-state index contributed by atoms with van der Waals surface area (Å²) in [7, 11) is 0. The van der Waals surface area contributed by atoms with Crippen molar-refractivity contribution < 1.29 is 9.59 Å². The average Bonchev–Trinajstić information content (AvgIpc) is 3.48. The monoisotopic (exact) mass is 438 g/mol. The number of benzene rings is 1. The number of carbonyl (C=O) groups excluding carboxylic acids is 2. The summed E-state index contributed by atoms with van der Waals surface area (Å²) in [4.78, 5) is 31.6. The van der Waals surface area contributed by atoms with Crippen molar-refractivity contribution in [1.82, 2.24) is 9.80 Å². The number of hydrogen-bond donors (Lipinski definition) is 0. The van der Waals surface area contributed by atoms with Gasteiger partial charge in [-0.15, -0.1) is 11.3 Å². The Morgan fingerprint density at radius 2 is 1.65 bits per heavy atom. The number of hydrogen-bond acceptors (Lipinski definition) is 3. The summed E-state index contributed by atoms with van der Waals surface area (Å²) in [6, 6.07) is 12.9. The Hall–Kier alpha value is -2.14. The smallest absolute Gasteiger partial charge is 0.229 e. The van der Waals surface area contributed by atoms with E-state index in [0.29, 0.717) is 31.3 Å². The number of likely N-dealkylation sites (tertiary alicyclic amines) is 2. The molecule has 1 aromatic heterocycles. The maximum atomic E-state index is 13.7. The minimum atomic E-state index is -0.386. The van der Waals surface area contributed by atoms with Gasteiger partial charge in [0.05, 0.1) is 5.41 Å². The Morgan fingerprint density at radius 1 is 0.968 bits per heavy atom. The lowest BCUT2D eigenvalue weighted by Gasteiger charge is -2.43. The van der Waals surface area contributed by atoms with Gasteiger partial charge in [0.1, 0.15) is 0 Å². The van der Waals surface area contributed by atoms with Gasteiger partial charge in [0.25, 0.3) is 0 Å². The predicted octanol–water partition coefficient (Wildman–Crippen LogP) is 5.23. The molecule has 31 heavy (non-hydrogen) atoms. The van der Waals surface area contributed by atoms with E-state index in [-0.39, 0.29) is 11.3 Å². The van der Waals surface area contributed by atoms with Gasteiger partial charge in [-0.25, -0.2) is 0 Å². The van der Waals surface area contributed by atoms with Gasteiger partial charge in [-0.05, 0) is 60.6 Å². The van der Waals surface area contributed by atoms with Crippen LogP contribution in [0.25, 0.3) is 10.4 Å². The molecule has 2 aromatic rings. The lowest BCUT2D eigenvalue weighted by atomic mass is 9.72. The topological polar surface area (TPSA) is 40.6 Å². The van der Waals surface area contributed by atoms with Gasteiger partial charge in [-0.1, -0.05) is 44.2 Å². The molecule has 4 nitrogen and oxygen atoms in total. The highest BCUT2D eigenvalue weighted by molar-refractivity contribution is 7.13. The minimum Gasteiger partial charge on any atom is -0.343 e. The van der Waals surface area contributed by atoms with Crippen molar-refractivity contribution in [2.24, 2.45) is 11.3 Å². The molecule has 2 fully saturated rings. The molecule has 0 unspecified atom stereocenters. The summed E-state index contributed by atoms with van der Waals surface area (Å²) >= 11 is 1.75. The number of thiophene rings is 1. The van der Waals surface area contributed by atoms with Crippen molar-refractivity contribution in [3.63, 3.8) is 0 Å². The first kappa shape index (κ1) is 22.1. The average molecular weight is 439 g/mol. The van der Waals surface area contributed by atoms with Crippen LogP contribution in [0.5, 0.6) is 0 Å². The number of carbonyl (C=O) groups is 2. The standard InChI is InChI=1S/C26H34N2O2S/c1-20(2)18-24(29)27-15-11-26(12-16-27,25(30)28-13-3-4-14-28)19-21-7-9-22(10-8-21)23-6-5-17-31-23/h5-10,17,20H,3-4,11-16,18-19H2,1-2H3. The SMILES string of the molecule is CC(C)CC(=O)N1CCC(Cc2ccc(-c3cccs3)cc2)(C(=O)N2CCCC2)CC1. The zero-order valence-corrected chi connectivity index (χ0v) is 19.6. The van der Waals surface area contributed by atoms with E-state index in [0.717, 1.165) is 45.2 Å². The van der Waals surface area contributed by atoms with Gasteiger partial charge < -0.3 is 9.80 Å². The third-order valence-corrected chi connectivity index (χ3v) is 7.72. The third kappa shape index (κ3) is 5.03. The number of rotatable bonds is 6. The second kappa shape index (κ2) is 9.56. The molecule has 166 valence electrons. The number of piperidine rings is 1. The summed E-state index contributed by atoms with van der Waals surface area (Å²) in [6.45, 7) is 7.32. The van der Waals surface area contributed by atoms with Gasteiger partial charge in [-0.2, -0.15) is 0 Å². The first-order chi connectivity index (χ1) is 15.0. The molecule has 0 bridgehead atoms. The van der Waals surface area contributed by atoms with E-state index in [4.69, 9.17) is 0 Å². The fourth-order valence-electron chi connectivity index (χ4n) is 5.00. The minimum absolute atomic E-state index is 0.234. The molecule has 0 spiro atoms. The van der Waals surface area contributed by atoms with E-state index in [2.05, 4.69) is 60.5 Å². The molecular weight excluding hydrogens is 404 g/mol. The highest BCUT2D eigenvalue weighted by Gasteiger charge is 2.44. The summed E-state index contributed by atoms with van der Waals surface area (Å²) in [5.74, 6) is 0.910. The highest BCUT2D eigenvalue weighted by atomic mass is 32.1. The first-order valence-electron chi connectivity index (χ1n) is 11.7. The maximum Gasteiger partial charge on any atom is 0.229 e. The molecule has 0 N–H and O–H groups in total. The summed E-state index contributed by atoms with van der Waals surface area (Å²) in [6.07, 6.45) is 5.10. The number of nitrogens with zero attached hydrogens (tertiary/aromatic N) is 2. The van der Waals surface area contributed by atoms with E-state index in [1.807, 2.05) is 4.90 Å². The first-order valence-corrected chi connectivity index (χ1v) is 12.5. The zero-order valence-electron chi connectivity index (χ0n) is 18.8. The fraction of sp³-hybridized carbons (Fsp3) is 0.538. The summed E-state index contributed by atoms with van der Waals surface area (Å²) < 4.78 is 0. The molecule has 5 heteroatoms. The van der Waals surface area contributed by atoms with Gasteiger partial charge in [0.15, 0.2) is 0 Å². The molecule has 0 saturated carbocycles. The van der Waals surface area contributed by atoms with Crippen LogP contribution >= 0.6 is 11.3 Å². The largest absolute Gasteiger partial charge is 0.343 e. The van der Waals surface area contributed by atoms with Crippen LogP contribution in [0.2, 0.25) is 0 Å². The van der Waals surface area contributed by atoms with E-state index in [1.54, 1.807) is 11.3 Å². The van der Waals surface area contributed by atoms with Gasteiger partial charge >= 0.3 is 0 Å². The Kier molecular flexibility index (Phi) is 6.80. The molecule has 4 rings (SSSR count). The lowest BCUT2D eigenvalue weighted by Crippen LogP contribution is -2.52. The predicted molar refractivity (Wildman–Crippen MR) is 127 cm³/mol. The summed E-state index contributed by atoms with van der Waals surface area (Å²) in [5, 5.41) is 2.10. The Morgan fingerprint density at radius 3 is 2.23 bits per heavy atom. The molecule has 0 aliphatic carbocycles. The Labute approximate surface area is 190 Å². The molecule has 0 radical (unpaired) electrons. The molecule has 1 aromatic carbocycles. The number of amides is 2. The van der Waals surface area contributed by atoms with Gasteiger partial charge in [0.2, 0.25) is 11.8 Å². The van der Waals surface area contributed by atoms with E-state index >= 15 is 0 Å². The fourth-order valence-corrected chi connectivity index (χ4v) is 5.74. The van der Waals surface area contributed by atoms with Crippen LogP contribution in [0.15, 0.2) is 41.8 Å². The maximum absolute atomic E-state index is 13.7. The van der Waals surface area contributed by atoms with Crippen molar-refractivity contribution in [2.75, 3.05) is 26.2 Å². The van der Waals surface area contributed by atoms with Crippen LogP contribution in [0.4, 0.5) is 0 Å². The van der Waals surface area contributed by atoms with Crippen LogP contribution in [-0.2, 0) is 16.0 Å². The van der Waals surface area contributed by atoms with Crippen LogP contribution in [0, 0.1) is 11.3 Å². The molecule has 0 atom stereocenters. The van der Waals surface area contributed by atoms with Crippen molar-refractivity contribution in [3.8, 4) is 10.4 Å². The molecule has 2 aliphatic rings. The molecular formula is C26H34N2O2S. The zero-order chi connectivity index (χ0) is 21.8. The van der Waals surface area contributed by atoms with Crippen molar-refractivity contribution in [3.05, 3.63) is 47.3 Å². The van der Waals surface area contributed by atoms with Crippen LogP contribution < -0.4 is 0 Å². The Balaban J connectivity index is 1.51. The molecule has 2 saturated heterocycles. The molecule has 2 aliphatic heterocycles. The van der Waals surface area contributed by atoms with Crippen molar-refractivity contribution >= 4 is 23.2 Å². The van der Waals surface area contributed by atoms with Gasteiger partial charge in [0, 0.05) is 37.5 Å². The van der Waals surface area contributed by atoms with E-state index < -0.39 is 0 Å². The quantitative estimate of drug-likeness (QED) is 0.619. The molecule has 2 amide bonds. The highest BCUT2D eigenvalue weighted by Crippen LogP contribution is 2.39. The van der Waals surface area contributed by atoms with Crippen LogP contribution in [-0.4, -0.2) is 47.8 Å². The normalized spacial score (nSPS) is 18.5. The summed E-state index contributed by atoms with van der Waals surface area (Å²) in [5.41, 5.74) is 2.06. The third-order valence-electron chi connectivity index (χ3n) is 6.81. The van der Waals surface area contributed by atoms with Crippen molar-refractivity contribution in [2.45, 2.75) is 52.4 Å².